The summed E-state index contributed by atoms with van der Waals surface area (Å²) < 4.78 is 1.17. The third kappa shape index (κ3) is 3.83. The first-order chi connectivity index (χ1) is 9.20. The van der Waals surface area contributed by atoms with Crippen LogP contribution in [-0.2, 0) is 0 Å². The number of halogens is 1. The Bertz CT molecular complexity index is 610. The molecule has 0 aliphatic carbocycles. The summed E-state index contributed by atoms with van der Waals surface area (Å²) in [6.07, 6.45) is 3.65. The average molecular weight is 311 g/mol. The Morgan fingerprint density at radius 3 is 3.05 bits per heavy atom. The predicted octanol–water partition coefficient (Wildman–Crippen LogP) is 3.89. The third-order valence-electron chi connectivity index (χ3n) is 2.30. The molecule has 1 aromatic heterocycles. The fourth-order valence-electron chi connectivity index (χ4n) is 1.42. The Morgan fingerprint density at radius 1 is 1.47 bits per heavy atom. The Morgan fingerprint density at radius 2 is 2.32 bits per heavy atom. The maximum Gasteiger partial charge on any atom is 0.271 e. The number of benzene rings is 1. The largest absolute Gasteiger partial charge is 0.271 e. The van der Waals surface area contributed by atoms with E-state index >= 15 is 0 Å². The summed E-state index contributed by atoms with van der Waals surface area (Å²) in [6.45, 7) is 0. The minimum atomic E-state index is -0.278. The molecule has 0 bridgehead atoms. The van der Waals surface area contributed by atoms with Crippen LogP contribution in [0.4, 0.5) is 0 Å². The van der Waals surface area contributed by atoms with Gasteiger partial charge >= 0.3 is 0 Å². The summed E-state index contributed by atoms with van der Waals surface area (Å²) >= 11 is 9.13. The molecule has 2 rings (SSSR count). The van der Waals surface area contributed by atoms with Crippen LogP contribution in [0.15, 0.2) is 45.0 Å². The van der Waals surface area contributed by atoms with E-state index in [0.29, 0.717) is 10.6 Å². The average Bonchev–Trinajstić information content (AvgIpc) is 2.86. The van der Waals surface area contributed by atoms with E-state index in [-0.39, 0.29) is 5.91 Å². The van der Waals surface area contributed by atoms with Gasteiger partial charge in [0.15, 0.2) is 0 Å². The quantitative estimate of drug-likeness (QED) is 0.529. The summed E-state index contributed by atoms with van der Waals surface area (Å²) in [5.74, 6) is -0.278. The molecule has 6 heteroatoms. The third-order valence-corrected chi connectivity index (χ3v) is 4.65. The SMILES string of the molecule is CSc1sccc1/C=N\NC(=O)c1cccc(Cl)c1. The van der Waals surface area contributed by atoms with Gasteiger partial charge in [-0.3, -0.25) is 4.79 Å². The summed E-state index contributed by atoms with van der Waals surface area (Å²) in [4.78, 5) is 11.8. The van der Waals surface area contributed by atoms with Crippen LogP contribution >= 0.6 is 34.7 Å². The molecule has 0 aliphatic heterocycles. The molecule has 2 aromatic rings. The van der Waals surface area contributed by atoms with E-state index in [0.717, 1.165) is 5.56 Å². The maximum absolute atomic E-state index is 11.8. The van der Waals surface area contributed by atoms with Crippen molar-refractivity contribution in [2.45, 2.75) is 4.21 Å². The van der Waals surface area contributed by atoms with Crippen molar-refractivity contribution in [2.75, 3.05) is 6.26 Å². The highest BCUT2D eigenvalue weighted by Gasteiger charge is 2.04. The molecule has 0 radical (unpaired) electrons. The van der Waals surface area contributed by atoms with Crippen LogP contribution in [0.1, 0.15) is 15.9 Å². The van der Waals surface area contributed by atoms with E-state index in [2.05, 4.69) is 10.5 Å². The Kier molecular flexibility index (Phi) is 5.01. The predicted molar refractivity (Wildman–Crippen MR) is 82.6 cm³/mol. The second kappa shape index (κ2) is 6.75. The summed E-state index contributed by atoms with van der Waals surface area (Å²) in [7, 11) is 0. The molecular formula is C13H11ClN2OS2. The van der Waals surface area contributed by atoms with Crippen LogP contribution in [0.5, 0.6) is 0 Å². The molecule has 98 valence electrons. The molecule has 1 heterocycles. The van der Waals surface area contributed by atoms with Gasteiger partial charge in [0, 0.05) is 16.1 Å². The van der Waals surface area contributed by atoms with E-state index in [9.17, 15) is 4.79 Å². The molecule has 1 N–H and O–H groups in total. The van der Waals surface area contributed by atoms with Gasteiger partial charge in [-0.25, -0.2) is 5.43 Å². The lowest BCUT2D eigenvalue weighted by molar-refractivity contribution is 0.0955. The minimum Gasteiger partial charge on any atom is -0.267 e. The first-order valence-corrected chi connectivity index (χ1v) is 7.89. The lowest BCUT2D eigenvalue weighted by Gasteiger charge is -2.00. The molecule has 3 nitrogen and oxygen atoms in total. The fraction of sp³-hybridized carbons (Fsp3) is 0.0769. The maximum atomic E-state index is 11.8. The highest BCUT2D eigenvalue weighted by atomic mass is 35.5. The molecule has 0 unspecified atom stereocenters. The van der Waals surface area contributed by atoms with Gasteiger partial charge in [-0.15, -0.1) is 23.1 Å². The van der Waals surface area contributed by atoms with Crippen molar-refractivity contribution in [1.29, 1.82) is 0 Å². The number of nitrogens with zero attached hydrogens (tertiary/aromatic N) is 1. The van der Waals surface area contributed by atoms with Crippen molar-refractivity contribution >= 4 is 46.8 Å². The number of carbonyl (C=O) groups is 1. The molecule has 0 saturated heterocycles. The summed E-state index contributed by atoms with van der Waals surface area (Å²) in [5.41, 5.74) is 3.97. The topological polar surface area (TPSA) is 41.5 Å². The van der Waals surface area contributed by atoms with Crippen molar-refractivity contribution in [3.63, 3.8) is 0 Å². The molecule has 0 atom stereocenters. The zero-order chi connectivity index (χ0) is 13.7. The van der Waals surface area contributed by atoms with Crippen molar-refractivity contribution in [3.05, 3.63) is 51.9 Å². The van der Waals surface area contributed by atoms with Gasteiger partial charge in [-0.05, 0) is 35.9 Å². The van der Waals surface area contributed by atoms with E-state index in [1.54, 1.807) is 53.6 Å². The number of rotatable bonds is 4. The Balaban J connectivity index is 2.01. The van der Waals surface area contributed by atoms with Crippen molar-refractivity contribution in [3.8, 4) is 0 Å². The fourth-order valence-corrected chi connectivity index (χ4v) is 3.11. The van der Waals surface area contributed by atoms with Gasteiger partial charge in [-0.1, -0.05) is 17.7 Å². The molecule has 0 saturated carbocycles. The van der Waals surface area contributed by atoms with E-state index in [1.807, 2.05) is 17.7 Å². The first kappa shape index (κ1) is 14.1. The number of nitrogens with one attached hydrogen (secondary N) is 1. The second-order valence-corrected chi connectivity index (χ2v) is 6.00. The monoisotopic (exact) mass is 310 g/mol. The normalized spacial score (nSPS) is 10.8. The van der Waals surface area contributed by atoms with Gasteiger partial charge in [0.25, 0.3) is 5.91 Å². The van der Waals surface area contributed by atoms with Crippen LogP contribution < -0.4 is 5.43 Å². The zero-order valence-electron chi connectivity index (χ0n) is 10.1. The number of hydrogen-bond donors (Lipinski definition) is 1. The van der Waals surface area contributed by atoms with Crippen molar-refractivity contribution in [1.82, 2.24) is 5.43 Å². The molecule has 0 fully saturated rings. The highest BCUT2D eigenvalue weighted by Crippen LogP contribution is 2.25. The molecular weight excluding hydrogens is 300 g/mol. The molecule has 19 heavy (non-hydrogen) atoms. The van der Waals surface area contributed by atoms with Gasteiger partial charge in [0.05, 0.1) is 10.4 Å². The van der Waals surface area contributed by atoms with E-state index < -0.39 is 0 Å². The lowest BCUT2D eigenvalue weighted by atomic mass is 10.2. The smallest absolute Gasteiger partial charge is 0.267 e. The van der Waals surface area contributed by atoms with Crippen LogP contribution in [-0.4, -0.2) is 18.4 Å². The number of thioether (sulfide) groups is 1. The van der Waals surface area contributed by atoms with Crippen LogP contribution in [0.25, 0.3) is 0 Å². The van der Waals surface area contributed by atoms with Crippen LogP contribution in [0.3, 0.4) is 0 Å². The Labute approximate surface area is 124 Å². The number of carbonyl (C=O) groups excluding carboxylic acids is 1. The highest BCUT2D eigenvalue weighted by molar-refractivity contribution is 8.00. The van der Waals surface area contributed by atoms with Gasteiger partial charge in [0.1, 0.15) is 0 Å². The Hall–Kier alpha value is -1.30. The number of thiophene rings is 1. The first-order valence-electron chi connectivity index (χ1n) is 5.41. The van der Waals surface area contributed by atoms with E-state index in [1.165, 1.54) is 4.21 Å². The zero-order valence-corrected chi connectivity index (χ0v) is 12.5. The summed E-state index contributed by atoms with van der Waals surface area (Å²) in [5, 5.41) is 6.47. The molecule has 1 aromatic carbocycles. The lowest BCUT2D eigenvalue weighted by Crippen LogP contribution is -2.17. The minimum absolute atomic E-state index is 0.278. The second-order valence-electron chi connectivity index (χ2n) is 3.58. The molecule has 0 aliphatic rings. The van der Waals surface area contributed by atoms with Crippen molar-refractivity contribution in [2.24, 2.45) is 5.10 Å². The number of hydrazone groups is 1. The molecule has 1 amide bonds. The standard InChI is InChI=1S/C13H11ClN2OS2/c1-18-13-10(5-6-19-13)8-15-16-12(17)9-3-2-4-11(14)7-9/h2-8H,1H3,(H,16,17)/b15-8-. The van der Waals surface area contributed by atoms with Crippen molar-refractivity contribution < 1.29 is 4.79 Å². The molecule has 0 spiro atoms. The van der Waals surface area contributed by atoms with Gasteiger partial charge in [0.2, 0.25) is 0 Å². The summed E-state index contributed by atoms with van der Waals surface area (Å²) in [6, 6.07) is 8.70. The van der Waals surface area contributed by atoms with E-state index in [4.69, 9.17) is 11.6 Å². The number of amides is 1. The van der Waals surface area contributed by atoms with Gasteiger partial charge < -0.3 is 0 Å². The van der Waals surface area contributed by atoms with Crippen LogP contribution in [0.2, 0.25) is 5.02 Å². The van der Waals surface area contributed by atoms with Gasteiger partial charge in [-0.2, -0.15) is 5.10 Å². The number of hydrogen-bond acceptors (Lipinski definition) is 4. The van der Waals surface area contributed by atoms with Crippen LogP contribution in [0, 0.1) is 0 Å².